The molecule has 0 saturated carbocycles. The van der Waals surface area contributed by atoms with Crippen molar-refractivity contribution in [2.75, 3.05) is 18.4 Å². The van der Waals surface area contributed by atoms with Gasteiger partial charge in [0.1, 0.15) is 4.21 Å². The number of rotatable bonds is 4. The van der Waals surface area contributed by atoms with Crippen molar-refractivity contribution in [1.29, 1.82) is 0 Å². The lowest BCUT2D eigenvalue weighted by Crippen LogP contribution is -2.41. The zero-order valence-corrected chi connectivity index (χ0v) is 18.1. The molecule has 1 saturated heterocycles. The van der Waals surface area contributed by atoms with E-state index >= 15 is 0 Å². The second-order valence-electron chi connectivity index (χ2n) is 7.02. The van der Waals surface area contributed by atoms with Crippen LogP contribution in [0.15, 0.2) is 33.9 Å². The van der Waals surface area contributed by atoms with Gasteiger partial charge in [0, 0.05) is 19.0 Å². The first-order valence-corrected chi connectivity index (χ1v) is 12.2. The SMILES string of the molecule is Cc1cc2nc(NC(=O)C3CCN(S(=O)(=O)c4cccs4)CC3)sc2cc1C. The number of sulfonamides is 1. The molecule has 0 aliphatic carbocycles. The van der Waals surface area contributed by atoms with Gasteiger partial charge in [-0.3, -0.25) is 4.79 Å². The molecular weight excluding hydrogens is 414 g/mol. The summed E-state index contributed by atoms with van der Waals surface area (Å²) in [6.07, 6.45) is 1.03. The van der Waals surface area contributed by atoms with Gasteiger partial charge >= 0.3 is 0 Å². The molecule has 0 radical (unpaired) electrons. The summed E-state index contributed by atoms with van der Waals surface area (Å²) in [4.78, 5) is 17.2. The molecule has 3 heterocycles. The summed E-state index contributed by atoms with van der Waals surface area (Å²) in [6, 6.07) is 7.48. The second-order valence-corrected chi connectivity index (χ2v) is 11.2. The molecule has 2 aromatic heterocycles. The number of aryl methyl sites for hydroxylation is 2. The molecule has 3 aromatic rings. The number of benzene rings is 1. The predicted octanol–water partition coefficient (Wildman–Crippen LogP) is 4.01. The highest BCUT2D eigenvalue weighted by Crippen LogP contribution is 2.30. The summed E-state index contributed by atoms with van der Waals surface area (Å²) in [5.41, 5.74) is 3.27. The first kappa shape index (κ1) is 19.5. The molecule has 4 rings (SSSR count). The molecule has 9 heteroatoms. The Bertz CT molecular complexity index is 1070. The maximum Gasteiger partial charge on any atom is 0.252 e. The highest BCUT2D eigenvalue weighted by molar-refractivity contribution is 7.91. The molecule has 1 amide bonds. The summed E-state index contributed by atoms with van der Waals surface area (Å²) in [5, 5.41) is 5.28. The van der Waals surface area contributed by atoms with Crippen molar-refractivity contribution in [3.8, 4) is 0 Å². The Morgan fingerprint density at radius 2 is 1.93 bits per heavy atom. The van der Waals surface area contributed by atoms with Gasteiger partial charge in [0.25, 0.3) is 10.0 Å². The van der Waals surface area contributed by atoms with Gasteiger partial charge in [-0.25, -0.2) is 13.4 Å². The highest BCUT2D eigenvalue weighted by atomic mass is 32.2. The maximum absolute atomic E-state index is 12.7. The highest BCUT2D eigenvalue weighted by Gasteiger charge is 2.32. The zero-order valence-electron chi connectivity index (χ0n) is 15.6. The Labute approximate surface area is 172 Å². The summed E-state index contributed by atoms with van der Waals surface area (Å²) >= 11 is 2.69. The van der Waals surface area contributed by atoms with E-state index in [0.29, 0.717) is 35.3 Å². The number of thiophene rings is 1. The lowest BCUT2D eigenvalue weighted by molar-refractivity contribution is -0.120. The van der Waals surface area contributed by atoms with Crippen molar-refractivity contribution in [2.24, 2.45) is 5.92 Å². The van der Waals surface area contributed by atoms with E-state index in [2.05, 4.69) is 23.3 Å². The van der Waals surface area contributed by atoms with Gasteiger partial charge in [-0.2, -0.15) is 4.31 Å². The lowest BCUT2D eigenvalue weighted by atomic mass is 9.97. The molecule has 0 spiro atoms. The Hall–Kier alpha value is -1.81. The van der Waals surface area contributed by atoms with Gasteiger partial charge in [0.15, 0.2) is 5.13 Å². The third kappa shape index (κ3) is 3.71. The van der Waals surface area contributed by atoms with E-state index in [-0.39, 0.29) is 11.8 Å². The number of thiazole rings is 1. The van der Waals surface area contributed by atoms with E-state index in [9.17, 15) is 13.2 Å². The standard InChI is InChI=1S/C19H21N3O3S3/c1-12-10-15-16(11-13(12)2)27-19(20-15)21-18(23)14-5-7-22(8-6-14)28(24,25)17-4-3-9-26-17/h3-4,9-11,14H,5-8H2,1-2H3,(H,20,21,23). The quantitative estimate of drug-likeness (QED) is 0.671. The molecule has 0 bridgehead atoms. The molecule has 0 atom stereocenters. The fourth-order valence-electron chi connectivity index (χ4n) is 3.34. The normalized spacial score (nSPS) is 16.5. The van der Waals surface area contributed by atoms with Crippen LogP contribution in [0.1, 0.15) is 24.0 Å². The number of aromatic nitrogens is 1. The number of anilines is 1. The number of hydrogen-bond acceptors (Lipinski definition) is 6. The molecule has 28 heavy (non-hydrogen) atoms. The van der Waals surface area contributed by atoms with Gasteiger partial charge in [-0.15, -0.1) is 11.3 Å². The van der Waals surface area contributed by atoms with E-state index in [1.54, 1.807) is 17.5 Å². The predicted molar refractivity (Wildman–Crippen MR) is 114 cm³/mol. The average Bonchev–Trinajstić information content (AvgIpc) is 3.32. The van der Waals surface area contributed by atoms with Gasteiger partial charge < -0.3 is 5.32 Å². The van der Waals surface area contributed by atoms with Gasteiger partial charge in [0.2, 0.25) is 5.91 Å². The van der Waals surface area contributed by atoms with Gasteiger partial charge in [-0.05, 0) is 61.4 Å². The van der Waals surface area contributed by atoms with Gasteiger partial charge in [0.05, 0.1) is 10.2 Å². The minimum atomic E-state index is -3.44. The van der Waals surface area contributed by atoms with Crippen LogP contribution in [-0.2, 0) is 14.8 Å². The Kier molecular flexibility index (Phi) is 5.26. The Balaban J connectivity index is 1.40. The van der Waals surface area contributed by atoms with Crippen molar-refractivity contribution >= 4 is 54.0 Å². The van der Waals surface area contributed by atoms with Crippen molar-refractivity contribution in [3.63, 3.8) is 0 Å². The molecule has 1 fully saturated rings. The Morgan fingerprint density at radius 1 is 1.21 bits per heavy atom. The minimum absolute atomic E-state index is 0.0827. The molecule has 1 N–H and O–H groups in total. The largest absolute Gasteiger partial charge is 0.302 e. The first-order valence-electron chi connectivity index (χ1n) is 9.07. The number of nitrogens with one attached hydrogen (secondary N) is 1. The summed E-state index contributed by atoms with van der Waals surface area (Å²) in [5.74, 6) is -0.286. The molecule has 148 valence electrons. The van der Waals surface area contributed by atoms with Crippen molar-refractivity contribution in [1.82, 2.24) is 9.29 Å². The Morgan fingerprint density at radius 3 is 2.61 bits per heavy atom. The summed E-state index contributed by atoms with van der Waals surface area (Å²) in [7, 11) is -3.44. The van der Waals surface area contributed by atoms with Crippen LogP contribution in [0.2, 0.25) is 0 Å². The topological polar surface area (TPSA) is 79.4 Å². The number of fused-ring (bicyclic) bond motifs is 1. The summed E-state index contributed by atoms with van der Waals surface area (Å²) in [6.45, 7) is 4.82. The van der Waals surface area contributed by atoms with Crippen LogP contribution in [0, 0.1) is 19.8 Å². The monoisotopic (exact) mass is 435 g/mol. The number of carbonyl (C=O) groups is 1. The van der Waals surface area contributed by atoms with E-state index in [0.717, 1.165) is 10.2 Å². The smallest absolute Gasteiger partial charge is 0.252 e. The van der Waals surface area contributed by atoms with E-state index in [1.165, 1.54) is 38.1 Å². The maximum atomic E-state index is 12.7. The van der Waals surface area contributed by atoms with Crippen molar-refractivity contribution < 1.29 is 13.2 Å². The second kappa shape index (κ2) is 7.55. The van der Waals surface area contributed by atoms with E-state index in [4.69, 9.17) is 0 Å². The minimum Gasteiger partial charge on any atom is -0.302 e. The number of nitrogens with zero attached hydrogens (tertiary/aromatic N) is 2. The van der Waals surface area contributed by atoms with Crippen molar-refractivity contribution in [3.05, 3.63) is 40.8 Å². The number of piperidine rings is 1. The first-order chi connectivity index (χ1) is 13.3. The third-order valence-corrected chi connectivity index (χ3v) is 9.35. The summed E-state index contributed by atoms with van der Waals surface area (Å²) < 4.78 is 28.1. The number of carbonyl (C=O) groups excluding carboxylic acids is 1. The molecule has 6 nitrogen and oxygen atoms in total. The molecular formula is C19H21N3O3S3. The fourth-order valence-corrected chi connectivity index (χ4v) is 6.90. The van der Waals surface area contributed by atoms with Crippen LogP contribution >= 0.6 is 22.7 Å². The van der Waals surface area contributed by atoms with Crippen LogP contribution in [0.5, 0.6) is 0 Å². The average molecular weight is 436 g/mol. The van der Waals surface area contributed by atoms with E-state index < -0.39 is 10.0 Å². The number of amides is 1. The third-order valence-electron chi connectivity index (χ3n) is 5.15. The van der Waals surface area contributed by atoms with Crippen LogP contribution in [0.3, 0.4) is 0 Å². The van der Waals surface area contributed by atoms with Crippen LogP contribution in [0.25, 0.3) is 10.2 Å². The van der Waals surface area contributed by atoms with Gasteiger partial charge in [-0.1, -0.05) is 17.4 Å². The van der Waals surface area contributed by atoms with Crippen LogP contribution < -0.4 is 5.32 Å². The lowest BCUT2D eigenvalue weighted by Gasteiger charge is -2.29. The molecule has 1 aliphatic rings. The molecule has 0 unspecified atom stereocenters. The zero-order chi connectivity index (χ0) is 19.9. The van der Waals surface area contributed by atoms with E-state index in [1.807, 2.05) is 13.0 Å². The fraction of sp³-hybridized carbons (Fsp3) is 0.368. The number of hydrogen-bond donors (Lipinski definition) is 1. The van der Waals surface area contributed by atoms with Crippen LogP contribution in [0.4, 0.5) is 5.13 Å². The van der Waals surface area contributed by atoms with Crippen molar-refractivity contribution in [2.45, 2.75) is 30.9 Å². The molecule has 1 aromatic carbocycles. The van der Waals surface area contributed by atoms with Crippen LogP contribution in [-0.4, -0.2) is 36.7 Å². The molecule has 1 aliphatic heterocycles.